The van der Waals surface area contributed by atoms with E-state index in [9.17, 15) is 0 Å². The third kappa shape index (κ3) is 3.60. The second-order valence-corrected chi connectivity index (χ2v) is 7.39. The predicted octanol–water partition coefficient (Wildman–Crippen LogP) is 4.44. The van der Waals surface area contributed by atoms with Crippen molar-refractivity contribution in [3.63, 3.8) is 0 Å². The molecule has 0 spiro atoms. The van der Waals surface area contributed by atoms with E-state index in [0.717, 1.165) is 13.0 Å². The summed E-state index contributed by atoms with van der Waals surface area (Å²) < 4.78 is 0. The van der Waals surface area contributed by atoms with Gasteiger partial charge in [0.25, 0.3) is 0 Å². The average Bonchev–Trinajstić information content (AvgIpc) is 2.39. The molecule has 0 radical (unpaired) electrons. The fourth-order valence-corrected chi connectivity index (χ4v) is 3.31. The predicted molar refractivity (Wildman–Crippen MR) is 83.4 cm³/mol. The van der Waals surface area contributed by atoms with Crippen LogP contribution in [0.1, 0.15) is 64.0 Å². The largest absolute Gasteiger partial charge is 0.330 e. The van der Waals surface area contributed by atoms with E-state index in [2.05, 4.69) is 45.0 Å². The third-order valence-corrected chi connectivity index (χ3v) is 4.75. The molecule has 2 N–H and O–H groups in total. The third-order valence-electron chi connectivity index (χ3n) is 4.75. The number of hydrogen-bond acceptors (Lipinski definition) is 1. The van der Waals surface area contributed by atoms with Gasteiger partial charge < -0.3 is 5.73 Å². The lowest BCUT2D eigenvalue weighted by atomic mass is 9.70. The molecule has 1 nitrogen and oxygen atoms in total. The molecule has 1 aliphatic carbocycles. The van der Waals surface area contributed by atoms with E-state index in [1.807, 2.05) is 0 Å². The molecule has 0 atom stereocenters. The van der Waals surface area contributed by atoms with Crippen LogP contribution in [0.2, 0.25) is 0 Å². The van der Waals surface area contributed by atoms with E-state index < -0.39 is 0 Å². The lowest BCUT2D eigenvalue weighted by molar-refractivity contribution is 0.197. The van der Waals surface area contributed by atoms with E-state index >= 15 is 0 Å². The second-order valence-electron chi connectivity index (χ2n) is 7.39. The Labute approximate surface area is 118 Å². The first kappa shape index (κ1) is 14.6. The van der Waals surface area contributed by atoms with E-state index in [0.29, 0.717) is 5.41 Å². The Morgan fingerprint density at radius 3 is 2.05 bits per heavy atom. The van der Waals surface area contributed by atoms with Crippen LogP contribution in [-0.2, 0) is 11.8 Å². The van der Waals surface area contributed by atoms with Gasteiger partial charge in [0.05, 0.1) is 0 Å². The van der Waals surface area contributed by atoms with Crippen molar-refractivity contribution in [2.45, 2.75) is 64.7 Å². The van der Waals surface area contributed by atoms with Crippen LogP contribution in [0.25, 0.3) is 0 Å². The van der Waals surface area contributed by atoms with Gasteiger partial charge in [-0.25, -0.2) is 0 Å². The van der Waals surface area contributed by atoms with E-state index in [4.69, 9.17) is 5.73 Å². The molecule has 0 saturated heterocycles. The minimum Gasteiger partial charge on any atom is -0.330 e. The van der Waals surface area contributed by atoms with Gasteiger partial charge >= 0.3 is 0 Å². The highest BCUT2D eigenvalue weighted by molar-refractivity contribution is 5.28. The van der Waals surface area contributed by atoms with Crippen molar-refractivity contribution in [3.8, 4) is 0 Å². The minimum absolute atomic E-state index is 0.245. The zero-order chi connectivity index (χ0) is 13.9. The molecule has 1 fully saturated rings. The van der Waals surface area contributed by atoms with Crippen molar-refractivity contribution in [3.05, 3.63) is 35.4 Å². The first-order valence-corrected chi connectivity index (χ1v) is 7.75. The van der Waals surface area contributed by atoms with Crippen molar-refractivity contribution in [2.24, 2.45) is 11.1 Å². The van der Waals surface area contributed by atoms with Gasteiger partial charge in [-0.2, -0.15) is 0 Å². The van der Waals surface area contributed by atoms with Crippen LogP contribution in [0.15, 0.2) is 24.3 Å². The van der Waals surface area contributed by atoms with Crippen molar-refractivity contribution in [1.29, 1.82) is 0 Å². The molecule has 0 amide bonds. The van der Waals surface area contributed by atoms with Crippen LogP contribution in [0.4, 0.5) is 0 Å². The van der Waals surface area contributed by atoms with Gasteiger partial charge in [-0.15, -0.1) is 0 Å². The molecule has 0 heterocycles. The number of rotatable bonds is 3. The Bertz CT molecular complexity index is 391. The van der Waals surface area contributed by atoms with Crippen LogP contribution in [-0.4, -0.2) is 6.54 Å². The topological polar surface area (TPSA) is 26.0 Å². The Balaban J connectivity index is 2.10. The Hall–Kier alpha value is -0.820. The Morgan fingerprint density at radius 2 is 1.58 bits per heavy atom. The smallest absolute Gasteiger partial charge is 0.00173 e. The quantitative estimate of drug-likeness (QED) is 0.853. The van der Waals surface area contributed by atoms with Gasteiger partial charge in [-0.1, -0.05) is 64.3 Å². The van der Waals surface area contributed by atoms with Gasteiger partial charge in [0.2, 0.25) is 0 Å². The maximum atomic E-state index is 6.09. The highest BCUT2D eigenvalue weighted by atomic mass is 14.6. The molecule has 1 aromatic rings. The molecule has 0 bridgehead atoms. The summed E-state index contributed by atoms with van der Waals surface area (Å²) in [6.45, 7) is 7.65. The summed E-state index contributed by atoms with van der Waals surface area (Å²) >= 11 is 0. The normalized spacial score (nSPS) is 19.4. The molecule has 1 aliphatic rings. The number of hydrogen-bond donors (Lipinski definition) is 1. The molecule has 0 aliphatic heterocycles. The monoisotopic (exact) mass is 259 g/mol. The van der Waals surface area contributed by atoms with Crippen LogP contribution in [0.5, 0.6) is 0 Å². The molecular weight excluding hydrogens is 230 g/mol. The summed E-state index contributed by atoms with van der Waals surface area (Å²) in [5.74, 6) is 0. The summed E-state index contributed by atoms with van der Waals surface area (Å²) in [6.07, 6.45) is 7.89. The van der Waals surface area contributed by atoms with Gasteiger partial charge in [0, 0.05) is 0 Å². The Kier molecular flexibility index (Phi) is 4.35. The molecule has 1 saturated carbocycles. The minimum atomic E-state index is 0.245. The van der Waals surface area contributed by atoms with E-state index in [1.54, 1.807) is 0 Å². The zero-order valence-corrected chi connectivity index (χ0v) is 12.8. The first-order chi connectivity index (χ1) is 8.95. The maximum Gasteiger partial charge on any atom is -0.00173 e. The van der Waals surface area contributed by atoms with E-state index in [1.165, 1.54) is 43.2 Å². The molecule has 2 rings (SSSR count). The fraction of sp³-hybridized carbons (Fsp3) is 0.667. The highest BCUT2D eigenvalue weighted by Gasteiger charge is 2.30. The first-order valence-electron chi connectivity index (χ1n) is 7.75. The van der Waals surface area contributed by atoms with Crippen molar-refractivity contribution in [2.75, 3.05) is 6.54 Å². The standard InChI is InChI=1S/C18H29N/c1-17(2,3)16-9-7-15(8-10-16)13-18(14-19)11-5-4-6-12-18/h7-10H,4-6,11-14,19H2,1-3H3. The SMILES string of the molecule is CC(C)(C)c1ccc(CC2(CN)CCCCC2)cc1. The Morgan fingerprint density at radius 1 is 1.00 bits per heavy atom. The maximum absolute atomic E-state index is 6.09. The van der Waals surface area contributed by atoms with Crippen LogP contribution < -0.4 is 5.73 Å². The number of nitrogens with two attached hydrogens (primary N) is 1. The number of benzene rings is 1. The van der Waals surface area contributed by atoms with Crippen molar-refractivity contribution < 1.29 is 0 Å². The second kappa shape index (κ2) is 5.66. The molecule has 19 heavy (non-hydrogen) atoms. The average molecular weight is 259 g/mol. The van der Waals surface area contributed by atoms with Crippen molar-refractivity contribution >= 4 is 0 Å². The van der Waals surface area contributed by atoms with Gasteiger partial charge in [0.1, 0.15) is 0 Å². The fourth-order valence-electron chi connectivity index (χ4n) is 3.31. The molecule has 0 aromatic heterocycles. The van der Waals surface area contributed by atoms with E-state index in [-0.39, 0.29) is 5.41 Å². The highest BCUT2D eigenvalue weighted by Crippen LogP contribution is 2.38. The molecule has 106 valence electrons. The molecule has 1 aromatic carbocycles. The summed E-state index contributed by atoms with van der Waals surface area (Å²) in [6, 6.07) is 9.21. The lowest BCUT2D eigenvalue weighted by Crippen LogP contribution is -2.34. The molecular formula is C18H29N. The summed E-state index contributed by atoms with van der Waals surface area (Å²) in [5, 5.41) is 0. The van der Waals surface area contributed by atoms with Gasteiger partial charge in [-0.05, 0) is 47.8 Å². The summed E-state index contributed by atoms with van der Waals surface area (Å²) in [7, 11) is 0. The van der Waals surface area contributed by atoms with Crippen LogP contribution >= 0.6 is 0 Å². The summed E-state index contributed by atoms with van der Waals surface area (Å²) in [4.78, 5) is 0. The zero-order valence-electron chi connectivity index (χ0n) is 12.8. The summed E-state index contributed by atoms with van der Waals surface area (Å²) in [5.41, 5.74) is 9.58. The lowest BCUT2D eigenvalue weighted by Gasteiger charge is -2.36. The molecule has 0 unspecified atom stereocenters. The van der Waals surface area contributed by atoms with Crippen molar-refractivity contribution in [1.82, 2.24) is 0 Å². The van der Waals surface area contributed by atoms with Gasteiger partial charge in [0.15, 0.2) is 0 Å². The molecule has 1 heteroatoms. The van der Waals surface area contributed by atoms with Gasteiger partial charge in [-0.3, -0.25) is 0 Å². The van der Waals surface area contributed by atoms with Crippen LogP contribution in [0, 0.1) is 5.41 Å². The van der Waals surface area contributed by atoms with Crippen LogP contribution in [0.3, 0.4) is 0 Å².